The Bertz CT molecular complexity index is 2440. The van der Waals surface area contributed by atoms with Crippen LogP contribution >= 0.6 is 0 Å². The molecule has 2 aromatic heterocycles. The maximum Gasteiger partial charge on any atom is 0.178 e. The average Bonchev–Trinajstić information content (AvgIpc) is 3.26. The number of nitrogens with zero attached hydrogens (tertiary/aromatic N) is 5. The van der Waals surface area contributed by atoms with Crippen molar-refractivity contribution in [2.24, 2.45) is 15.0 Å². The van der Waals surface area contributed by atoms with Crippen LogP contribution in [-0.2, 0) is 12.8 Å². The summed E-state index contributed by atoms with van der Waals surface area (Å²) < 4.78 is 0. The highest BCUT2D eigenvalue weighted by atomic mass is 16.1. The van der Waals surface area contributed by atoms with Gasteiger partial charge in [0.05, 0.1) is 51.3 Å². The van der Waals surface area contributed by atoms with E-state index in [1.54, 1.807) is 6.07 Å². The number of Topliss-reactive ketones (excluding diaryl/α,β-unsaturated/α-hetero) is 1. The zero-order valence-corrected chi connectivity index (χ0v) is 38.0. The van der Waals surface area contributed by atoms with Gasteiger partial charge >= 0.3 is 0 Å². The Morgan fingerprint density at radius 2 is 0.852 bits per heavy atom. The van der Waals surface area contributed by atoms with Crippen molar-refractivity contribution in [2.45, 2.75) is 108 Å². The van der Waals surface area contributed by atoms with Gasteiger partial charge < -0.3 is 5.73 Å². The van der Waals surface area contributed by atoms with Crippen molar-refractivity contribution in [3.8, 4) is 0 Å². The summed E-state index contributed by atoms with van der Waals surface area (Å²) in [7, 11) is 0. The number of carbonyl (C=O) groups excluding carboxylic acids is 1. The molecule has 7 heteroatoms. The zero-order valence-electron chi connectivity index (χ0n) is 38.0. The van der Waals surface area contributed by atoms with Gasteiger partial charge in [-0.15, -0.1) is 0 Å². The van der Waals surface area contributed by atoms with Gasteiger partial charge in [-0.1, -0.05) is 112 Å². The van der Waals surface area contributed by atoms with Gasteiger partial charge in [0.2, 0.25) is 0 Å². The van der Waals surface area contributed by atoms with Gasteiger partial charge in [-0.3, -0.25) is 19.8 Å². The van der Waals surface area contributed by atoms with E-state index < -0.39 is 0 Å². The number of benzene rings is 4. The molecule has 2 N–H and O–H groups in total. The third kappa shape index (κ3) is 14.4. The smallest absolute Gasteiger partial charge is 0.178 e. The maximum absolute atomic E-state index is 11.4. The molecule has 0 radical (unpaired) electrons. The van der Waals surface area contributed by atoms with Crippen LogP contribution in [0.2, 0.25) is 0 Å². The van der Waals surface area contributed by atoms with E-state index in [9.17, 15) is 4.79 Å². The monoisotopic (exact) mass is 813 g/mol. The van der Waals surface area contributed by atoms with Gasteiger partial charge in [0.15, 0.2) is 5.78 Å². The Morgan fingerprint density at radius 1 is 0.475 bits per heavy atom. The molecule has 0 aliphatic heterocycles. The number of nitrogens with two attached hydrogens (primary N) is 1. The van der Waals surface area contributed by atoms with Crippen LogP contribution < -0.4 is 5.73 Å². The van der Waals surface area contributed by atoms with Crippen molar-refractivity contribution in [3.05, 3.63) is 177 Å². The third-order valence-corrected chi connectivity index (χ3v) is 10.3. The standard InChI is InChI=1S/C27H31N3.C17H18N2O.C10H15N/c1-6-7-14-23-15-8-9-16-26(23)28-21(4)24-17-11-18-25(30-24)22(5)29-27-19(2)12-10-13-20(27)3;1-11-7-5-8-12(2)17(11)18-13(3)15-9-6-10-16(19-15)14(4)20;1-2-3-6-9-7-4-5-8-10(9)11/h8-13,15-18H,6-7,14H2,1-5H3;5-10H,1-4H3;4-5,7-8H,2-3,6,11H2,1H3. The maximum atomic E-state index is 11.4. The first kappa shape index (κ1) is 47.3. The van der Waals surface area contributed by atoms with Crippen molar-refractivity contribution in [1.82, 2.24) is 9.97 Å². The van der Waals surface area contributed by atoms with Crippen LogP contribution in [0.25, 0.3) is 0 Å². The fraction of sp³-hybridized carbons (Fsp3) is 0.296. The lowest BCUT2D eigenvalue weighted by Gasteiger charge is -2.09. The lowest BCUT2D eigenvalue weighted by Crippen LogP contribution is -2.05. The van der Waals surface area contributed by atoms with Crippen LogP contribution in [0.4, 0.5) is 22.7 Å². The summed E-state index contributed by atoms with van der Waals surface area (Å²) in [5.74, 6) is -0.0354. The first-order valence-corrected chi connectivity index (χ1v) is 21.5. The van der Waals surface area contributed by atoms with Gasteiger partial charge in [0, 0.05) is 12.6 Å². The number of ketones is 1. The van der Waals surface area contributed by atoms with Crippen LogP contribution in [0, 0.1) is 27.7 Å². The van der Waals surface area contributed by atoms with E-state index in [4.69, 9.17) is 20.7 Å². The molecule has 0 aliphatic rings. The predicted molar refractivity (Wildman–Crippen MR) is 260 cm³/mol. The molecule has 0 bridgehead atoms. The summed E-state index contributed by atoms with van der Waals surface area (Å²) in [5.41, 5.74) is 22.5. The minimum absolute atomic E-state index is 0.0354. The van der Waals surface area contributed by atoms with Crippen molar-refractivity contribution in [3.63, 3.8) is 0 Å². The van der Waals surface area contributed by atoms with E-state index in [0.717, 1.165) is 80.9 Å². The number of nitrogen functional groups attached to an aromatic ring is 1. The summed E-state index contributed by atoms with van der Waals surface area (Å²) in [5, 5.41) is 0. The second-order valence-corrected chi connectivity index (χ2v) is 15.5. The largest absolute Gasteiger partial charge is 0.399 e. The van der Waals surface area contributed by atoms with Crippen LogP contribution in [-0.4, -0.2) is 32.9 Å². The number of aryl methyl sites for hydroxylation is 6. The molecule has 61 heavy (non-hydrogen) atoms. The Morgan fingerprint density at radius 3 is 1.31 bits per heavy atom. The highest BCUT2D eigenvalue weighted by molar-refractivity contribution is 6.03. The lowest BCUT2D eigenvalue weighted by atomic mass is 10.1. The zero-order chi connectivity index (χ0) is 44.3. The van der Waals surface area contributed by atoms with Crippen LogP contribution in [0.1, 0.15) is 128 Å². The van der Waals surface area contributed by atoms with Gasteiger partial charge in [-0.25, -0.2) is 9.97 Å². The molecule has 0 saturated carbocycles. The van der Waals surface area contributed by atoms with Crippen molar-refractivity contribution in [2.75, 3.05) is 5.73 Å². The Hall–Kier alpha value is -6.34. The number of aliphatic imine (C=N–C) groups is 3. The van der Waals surface area contributed by atoms with Crippen LogP contribution in [0.5, 0.6) is 0 Å². The number of anilines is 1. The lowest BCUT2D eigenvalue weighted by molar-refractivity contribution is 0.101. The van der Waals surface area contributed by atoms with Crippen LogP contribution in [0.15, 0.2) is 136 Å². The van der Waals surface area contributed by atoms with Crippen molar-refractivity contribution in [1.29, 1.82) is 0 Å². The fourth-order valence-electron chi connectivity index (χ4n) is 6.65. The van der Waals surface area contributed by atoms with E-state index in [0.29, 0.717) is 5.69 Å². The minimum Gasteiger partial charge on any atom is -0.399 e. The summed E-state index contributed by atoms with van der Waals surface area (Å²) in [6.07, 6.45) is 6.98. The van der Waals surface area contributed by atoms with Gasteiger partial charge in [-0.05, 0) is 144 Å². The fourth-order valence-corrected chi connectivity index (χ4v) is 6.65. The number of carbonyl (C=O) groups is 1. The van der Waals surface area contributed by atoms with Gasteiger partial charge in [-0.2, -0.15) is 0 Å². The van der Waals surface area contributed by atoms with E-state index >= 15 is 0 Å². The van der Waals surface area contributed by atoms with E-state index in [1.165, 1.54) is 54.9 Å². The summed E-state index contributed by atoms with van der Waals surface area (Å²) in [4.78, 5) is 35.0. The topological polar surface area (TPSA) is 106 Å². The number of para-hydroxylation sites is 4. The molecular formula is C54H64N6O. The first-order valence-electron chi connectivity index (χ1n) is 21.5. The number of aromatic nitrogens is 2. The minimum atomic E-state index is -0.0354. The predicted octanol–water partition coefficient (Wildman–Crippen LogP) is 14.0. The quantitative estimate of drug-likeness (QED) is 0.0712. The number of rotatable bonds is 13. The molecule has 4 aromatic carbocycles. The average molecular weight is 813 g/mol. The van der Waals surface area contributed by atoms with E-state index in [-0.39, 0.29) is 5.78 Å². The summed E-state index contributed by atoms with van der Waals surface area (Å²) >= 11 is 0. The third-order valence-electron chi connectivity index (χ3n) is 10.3. The van der Waals surface area contributed by atoms with E-state index in [2.05, 4.69) is 80.1 Å². The van der Waals surface area contributed by atoms with Crippen molar-refractivity contribution < 1.29 is 4.79 Å². The Kier molecular flexibility index (Phi) is 18.7. The molecule has 6 rings (SSSR count). The van der Waals surface area contributed by atoms with Crippen molar-refractivity contribution >= 4 is 45.7 Å². The molecule has 0 fully saturated rings. The van der Waals surface area contributed by atoms with Gasteiger partial charge in [0.25, 0.3) is 0 Å². The van der Waals surface area contributed by atoms with Gasteiger partial charge in [0.1, 0.15) is 5.69 Å². The molecule has 0 aliphatic carbocycles. The molecule has 316 valence electrons. The molecular weight excluding hydrogens is 749 g/mol. The molecule has 0 atom stereocenters. The molecule has 7 nitrogen and oxygen atoms in total. The molecule has 0 spiro atoms. The first-order chi connectivity index (χ1) is 29.3. The molecule has 0 amide bonds. The second kappa shape index (κ2) is 24.0. The number of hydrogen-bond acceptors (Lipinski definition) is 7. The summed E-state index contributed by atoms with van der Waals surface area (Å²) in [6, 6.07) is 40.3. The second-order valence-electron chi connectivity index (χ2n) is 15.5. The molecule has 0 saturated heterocycles. The SMILES string of the molecule is CC(=O)c1cccc(C(C)=Nc2c(C)cccc2C)n1.CCCCc1ccccc1N.CCCCc1ccccc1N=C(C)c1cccc(C(C)=Nc2c(C)cccc2C)n1. The highest BCUT2D eigenvalue weighted by Crippen LogP contribution is 2.26. The molecule has 6 aromatic rings. The highest BCUT2D eigenvalue weighted by Gasteiger charge is 2.09. The number of unbranched alkanes of at least 4 members (excludes halogenated alkanes) is 2. The molecule has 2 heterocycles. The molecule has 0 unspecified atom stereocenters. The van der Waals surface area contributed by atoms with E-state index in [1.807, 2.05) is 107 Å². The Labute approximate surface area is 365 Å². The normalized spacial score (nSPS) is 11.6. The summed E-state index contributed by atoms with van der Waals surface area (Å²) in [6.45, 7) is 20.2. The van der Waals surface area contributed by atoms with Crippen LogP contribution in [0.3, 0.4) is 0 Å². The number of pyridine rings is 2. The Balaban J connectivity index is 0.000000226. The number of hydrogen-bond donors (Lipinski definition) is 1.